The average molecular weight is 246 g/mol. The molecule has 0 aromatic carbocycles. The third kappa shape index (κ3) is 1.69. The van der Waals surface area contributed by atoms with E-state index in [9.17, 15) is 9.59 Å². The van der Waals surface area contributed by atoms with Crippen LogP contribution in [0.25, 0.3) is 0 Å². The second-order valence-corrected chi connectivity index (χ2v) is 7.58. The first-order valence-corrected chi connectivity index (χ1v) is 7.12. The molecule has 3 aliphatic rings. The standard InChI is InChI=1S/C16H22O2/c1-15(2,3)9-10(17)8-11-12-4-5-13(14(11)18)16(12)6-7-16/h8,12-13H,4-7,9H2,1-3H3/b11-8-. The lowest BCUT2D eigenvalue weighted by atomic mass is 9.87. The number of allylic oxidation sites excluding steroid dienone is 2. The minimum absolute atomic E-state index is 0.00603. The van der Waals surface area contributed by atoms with Crippen molar-refractivity contribution < 1.29 is 9.59 Å². The summed E-state index contributed by atoms with van der Waals surface area (Å²) in [6.07, 6.45) is 6.84. The van der Waals surface area contributed by atoms with Crippen LogP contribution in [0.1, 0.15) is 52.9 Å². The predicted octanol–water partition coefficient (Wildman–Crippen LogP) is 3.31. The molecule has 2 heteroatoms. The van der Waals surface area contributed by atoms with Gasteiger partial charge >= 0.3 is 0 Å². The molecule has 3 fully saturated rings. The molecular formula is C16H22O2. The van der Waals surface area contributed by atoms with Crippen LogP contribution in [0.5, 0.6) is 0 Å². The SMILES string of the molecule is CC(C)(C)CC(=O)/C=C1\C(=O)C2CCC1C21CC1. The van der Waals surface area contributed by atoms with Gasteiger partial charge in [0, 0.05) is 17.9 Å². The number of carbonyl (C=O) groups is 2. The molecule has 2 nitrogen and oxygen atoms in total. The zero-order valence-corrected chi connectivity index (χ0v) is 11.6. The van der Waals surface area contributed by atoms with Crippen molar-refractivity contribution in [2.45, 2.75) is 52.9 Å². The van der Waals surface area contributed by atoms with Gasteiger partial charge in [-0.15, -0.1) is 0 Å². The van der Waals surface area contributed by atoms with Gasteiger partial charge in [-0.2, -0.15) is 0 Å². The topological polar surface area (TPSA) is 34.1 Å². The molecule has 0 aliphatic heterocycles. The summed E-state index contributed by atoms with van der Waals surface area (Å²) in [5, 5.41) is 0. The van der Waals surface area contributed by atoms with Crippen LogP contribution in [0.2, 0.25) is 0 Å². The van der Waals surface area contributed by atoms with Gasteiger partial charge in [-0.25, -0.2) is 0 Å². The molecule has 98 valence electrons. The van der Waals surface area contributed by atoms with Gasteiger partial charge in [-0.1, -0.05) is 20.8 Å². The van der Waals surface area contributed by atoms with Gasteiger partial charge in [0.15, 0.2) is 11.6 Å². The van der Waals surface area contributed by atoms with Gasteiger partial charge in [0.1, 0.15) is 0 Å². The van der Waals surface area contributed by atoms with E-state index in [1.807, 2.05) is 0 Å². The lowest BCUT2D eigenvalue weighted by Gasteiger charge is -2.17. The molecule has 0 heterocycles. The van der Waals surface area contributed by atoms with Crippen molar-refractivity contribution in [1.82, 2.24) is 0 Å². The number of hydrogen-bond acceptors (Lipinski definition) is 2. The summed E-state index contributed by atoms with van der Waals surface area (Å²) in [6.45, 7) is 6.19. The lowest BCUT2D eigenvalue weighted by molar-refractivity contribution is -0.120. The van der Waals surface area contributed by atoms with Crippen LogP contribution in [-0.4, -0.2) is 11.6 Å². The Bertz CT molecular complexity index is 446. The Kier molecular flexibility index (Phi) is 2.39. The summed E-state index contributed by atoms with van der Waals surface area (Å²) in [6, 6.07) is 0. The van der Waals surface area contributed by atoms with E-state index >= 15 is 0 Å². The Morgan fingerprint density at radius 2 is 1.89 bits per heavy atom. The molecule has 0 radical (unpaired) electrons. The first kappa shape index (κ1) is 12.1. The van der Waals surface area contributed by atoms with Crippen LogP contribution in [0.4, 0.5) is 0 Å². The van der Waals surface area contributed by atoms with Crippen LogP contribution >= 0.6 is 0 Å². The van der Waals surface area contributed by atoms with E-state index in [4.69, 9.17) is 0 Å². The van der Waals surface area contributed by atoms with Crippen molar-refractivity contribution in [2.24, 2.45) is 22.7 Å². The fourth-order valence-corrected chi connectivity index (χ4v) is 4.14. The molecule has 2 unspecified atom stereocenters. The summed E-state index contributed by atoms with van der Waals surface area (Å²) >= 11 is 0. The van der Waals surface area contributed by atoms with E-state index in [-0.39, 0.29) is 17.1 Å². The molecule has 3 aliphatic carbocycles. The highest BCUT2D eigenvalue weighted by atomic mass is 16.1. The fraction of sp³-hybridized carbons (Fsp3) is 0.750. The number of carbonyl (C=O) groups excluding carboxylic acids is 2. The van der Waals surface area contributed by atoms with Gasteiger partial charge in [-0.05, 0) is 48.5 Å². The van der Waals surface area contributed by atoms with E-state index in [1.165, 1.54) is 12.8 Å². The van der Waals surface area contributed by atoms with Crippen LogP contribution in [0.15, 0.2) is 11.6 Å². The molecule has 3 rings (SSSR count). The lowest BCUT2D eigenvalue weighted by Crippen LogP contribution is -2.16. The summed E-state index contributed by atoms with van der Waals surface area (Å²) in [4.78, 5) is 24.3. The molecule has 1 spiro atoms. The Balaban J connectivity index is 1.81. The van der Waals surface area contributed by atoms with Crippen molar-refractivity contribution in [1.29, 1.82) is 0 Å². The van der Waals surface area contributed by atoms with Gasteiger partial charge in [0.2, 0.25) is 0 Å². The summed E-state index contributed by atoms with van der Waals surface area (Å²) in [5.74, 6) is 1.11. The summed E-state index contributed by atoms with van der Waals surface area (Å²) < 4.78 is 0. The fourth-order valence-electron chi connectivity index (χ4n) is 4.14. The van der Waals surface area contributed by atoms with E-state index in [2.05, 4.69) is 20.8 Å². The number of ketones is 2. The average Bonchev–Trinajstić information content (AvgIpc) is 2.85. The minimum Gasteiger partial charge on any atom is -0.295 e. The molecule has 0 aromatic heterocycles. The Morgan fingerprint density at radius 1 is 1.28 bits per heavy atom. The molecule has 0 aromatic rings. The second kappa shape index (κ2) is 3.55. The molecule has 2 atom stereocenters. The molecule has 18 heavy (non-hydrogen) atoms. The van der Waals surface area contributed by atoms with Crippen molar-refractivity contribution in [3.8, 4) is 0 Å². The minimum atomic E-state index is 0.00603. The second-order valence-electron chi connectivity index (χ2n) is 7.58. The highest BCUT2D eigenvalue weighted by Crippen LogP contribution is 2.71. The van der Waals surface area contributed by atoms with E-state index in [1.54, 1.807) is 6.08 Å². The third-order valence-electron chi connectivity index (χ3n) is 4.96. The quantitative estimate of drug-likeness (QED) is 0.700. The Morgan fingerprint density at radius 3 is 2.39 bits per heavy atom. The Hall–Kier alpha value is -0.920. The maximum atomic E-state index is 12.3. The first-order chi connectivity index (χ1) is 8.33. The zero-order valence-electron chi connectivity index (χ0n) is 11.6. The van der Waals surface area contributed by atoms with Gasteiger partial charge in [0.05, 0.1) is 0 Å². The molecule has 0 N–H and O–H groups in total. The van der Waals surface area contributed by atoms with Crippen LogP contribution in [0, 0.1) is 22.7 Å². The van der Waals surface area contributed by atoms with E-state index < -0.39 is 0 Å². The highest BCUT2D eigenvalue weighted by molar-refractivity contribution is 6.07. The van der Waals surface area contributed by atoms with Gasteiger partial charge in [0.25, 0.3) is 0 Å². The van der Waals surface area contributed by atoms with Crippen LogP contribution in [0.3, 0.4) is 0 Å². The monoisotopic (exact) mass is 246 g/mol. The van der Waals surface area contributed by atoms with Crippen LogP contribution < -0.4 is 0 Å². The molecule has 2 bridgehead atoms. The predicted molar refractivity (Wildman–Crippen MR) is 70.1 cm³/mol. The maximum Gasteiger partial charge on any atom is 0.162 e. The van der Waals surface area contributed by atoms with E-state index in [0.29, 0.717) is 23.5 Å². The van der Waals surface area contributed by atoms with Crippen molar-refractivity contribution in [3.05, 3.63) is 11.6 Å². The van der Waals surface area contributed by atoms with Crippen molar-refractivity contribution >= 4 is 11.6 Å². The molecule has 3 saturated carbocycles. The maximum absolute atomic E-state index is 12.3. The first-order valence-electron chi connectivity index (χ1n) is 7.12. The number of rotatable bonds is 2. The highest BCUT2D eigenvalue weighted by Gasteiger charge is 2.67. The summed E-state index contributed by atoms with van der Waals surface area (Å²) in [5.41, 5.74) is 1.19. The summed E-state index contributed by atoms with van der Waals surface area (Å²) in [7, 11) is 0. The van der Waals surface area contributed by atoms with Gasteiger partial charge in [-0.3, -0.25) is 9.59 Å². The number of Topliss-reactive ketones (excluding diaryl/α,β-unsaturated/α-hetero) is 1. The van der Waals surface area contributed by atoms with E-state index in [0.717, 1.165) is 18.4 Å². The molecule has 0 saturated heterocycles. The van der Waals surface area contributed by atoms with Crippen molar-refractivity contribution in [2.75, 3.05) is 0 Å². The largest absolute Gasteiger partial charge is 0.295 e. The third-order valence-corrected chi connectivity index (χ3v) is 4.96. The number of hydrogen-bond donors (Lipinski definition) is 0. The Labute approximate surface area is 109 Å². The molecular weight excluding hydrogens is 224 g/mol. The van der Waals surface area contributed by atoms with Crippen molar-refractivity contribution in [3.63, 3.8) is 0 Å². The van der Waals surface area contributed by atoms with Gasteiger partial charge < -0.3 is 0 Å². The molecule has 0 amide bonds. The zero-order chi connectivity index (χ0) is 13.1. The van der Waals surface area contributed by atoms with Crippen LogP contribution in [-0.2, 0) is 9.59 Å². The smallest absolute Gasteiger partial charge is 0.162 e. The normalized spacial score (nSPS) is 34.6.